The van der Waals surface area contributed by atoms with E-state index in [1.165, 1.54) is 11.0 Å². The number of esters is 1. The van der Waals surface area contributed by atoms with Gasteiger partial charge in [0.25, 0.3) is 5.91 Å². The van der Waals surface area contributed by atoms with Crippen molar-refractivity contribution in [3.63, 3.8) is 0 Å². The van der Waals surface area contributed by atoms with Gasteiger partial charge in [0, 0.05) is 21.7 Å². The standard InChI is InChI=1S/C22H18ClNO5/c1-2-28-21(26)19-12-11-16(29-19)13-24-20(25)17-5-3-4-6-18(17)22(24,27)14-7-9-15(23)10-8-14/h3-12,27H,2,13H2,1H3/t22-/m1/s1. The third-order valence-electron chi connectivity index (χ3n) is 4.87. The monoisotopic (exact) mass is 411 g/mol. The van der Waals surface area contributed by atoms with E-state index < -0.39 is 11.7 Å². The van der Waals surface area contributed by atoms with Crippen molar-refractivity contribution in [2.75, 3.05) is 6.61 Å². The molecule has 6 nitrogen and oxygen atoms in total. The van der Waals surface area contributed by atoms with Crippen molar-refractivity contribution in [2.45, 2.75) is 19.2 Å². The number of aliphatic hydroxyl groups is 1. The quantitative estimate of drug-likeness (QED) is 0.643. The Balaban J connectivity index is 1.74. The van der Waals surface area contributed by atoms with E-state index in [1.54, 1.807) is 61.5 Å². The fourth-order valence-corrected chi connectivity index (χ4v) is 3.65. The molecule has 1 atom stereocenters. The molecule has 1 N–H and O–H groups in total. The van der Waals surface area contributed by atoms with Crippen molar-refractivity contribution >= 4 is 23.5 Å². The summed E-state index contributed by atoms with van der Waals surface area (Å²) in [4.78, 5) is 26.3. The smallest absolute Gasteiger partial charge is 0.374 e. The molecule has 7 heteroatoms. The number of halogens is 1. The maximum Gasteiger partial charge on any atom is 0.374 e. The summed E-state index contributed by atoms with van der Waals surface area (Å²) < 4.78 is 10.5. The van der Waals surface area contributed by atoms with Crippen LogP contribution < -0.4 is 0 Å². The van der Waals surface area contributed by atoms with Crippen LogP contribution in [0, 0.1) is 0 Å². The molecule has 1 amide bonds. The molecule has 1 aromatic heterocycles. The molecule has 0 bridgehead atoms. The van der Waals surface area contributed by atoms with Crippen molar-refractivity contribution < 1.29 is 23.8 Å². The van der Waals surface area contributed by atoms with Crippen LogP contribution in [0.4, 0.5) is 0 Å². The van der Waals surface area contributed by atoms with E-state index in [2.05, 4.69) is 0 Å². The molecule has 0 fully saturated rings. The third kappa shape index (κ3) is 3.20. The number of benzene rings is 2. The van der Waals surface area contributed by atoms with Gasteiger partial charge in [-0.05, 0) is 37.3 Å². The van der Waals surface area contributed by atoms with Crippen LogP contribution in [0.3, 0.4) is 0 Å². The number of ether oxygens (including phenoxy) is 1. The van der Waals surface area contributed by atoms with Gasteiger partial charge in [-0.15, -0.1) is 0 Å². The summed E-state index contributed by atoms with van der Waals surface area (Å²) in [5.41, 5.74) is -0.321. The van der Waals surface area contributed by atoms with Gasteiger partial charge >= 0.3 is 5.97 Å². The zero-order valence-corrected chi connectivity index (χ0v) is 16.3. The molecule has 1 aliphatic rings. The highest BCUT2D eigenvalue weighted by molar-refractivity contribution is 6.30. The summed E-state index contributed by atoms with van der Waals surface area (Å²) in [7, 11) is 0. The van der Waals surface area contributed by atoms with E-state index in [4.69, 9.17) is 20.8 Å². The number of carbonyl (C=O) groups is 2. The molecule has 1 aliphatic heterocycles. The lowest BCUT2D eigenvalue weighted by Crippen LogP contribution is -2.44. The van der Waals surface area contributed by atoms with Crippen LogP contribution >= 0.6 is 11.6 Å². The number of amides is 1. The van der Waals surface area contributed by atoms with Crippen LogP contribution in [0.5, 0.6) is 0 Å². The van der Waals surface area contributed by atoms with Gasteiger partial charge < -0.3 is 14.3 Å². The molecule has 2 aromatic carbocycles. The second-order valence-corrected chi connectivity index (χ2v) is 7.04. The summed E-state index contributed by atoms with van der Waals surface area (Å²) in [5.74, 6) is -0.530. The average molecular weight is 412 g/mol. The predicted octanol–water partition coefficient (Wildman–Crippen LogP) is 3.96. The Morgan fingerprint density at radius 2 is 1.86 bits per heavy atom. The summed E-state index contributed by atoms with van der Waals surface area (Å²) in [6.07, 6.45) is 0. The van der Waals surface area contributed by atoms with Crippen LogP contribution in [0.25, 0.3) is 0 Å². The minimum atomic E-state index is -1.70. The van der Waals surface area contributed by atoms with E-state index in [-0.39, 0.29) is 24.8 Å². The van der Waals surface area contributed by atoms with Gasteiger partial charge in [-0.1, -0.05) is 41.9 Å². The topological polar surface area (TPSA) is 80.0 Å². The molecule has 2 heterocycles. The Morgan fingerprint density at radius 3 is 2.59 bits per heavy atom. The van der Waals surface area contributed by atoms with E-state index in [1.807, 2.05) is 0 Å². The molecule has 0 spiro atoms. The van der Waals surface area contributed by atoms with Gasteiger partial charge in [0.05, 0.1) is 13.2 Å². The van der Waals surface area contributed by atoms with Crippen LogP contribution in [0.1, 0.15) is 44.7 Å². The molecule has 0 unspecified atom stereocenters. The van der Waals surface area contributed by atoms with Crippen molar-refractivity contribution in [2.24, 2.45) is 0 Å². The highest BCUT2D eigenvalue weighted by atomic mass is 35.5. The fraction of sp³-hybridized carbons (Fsp3) is 0.182. The highest BCUT2D eigenvalue weighted by Crippen LogP contribution is 2.43. The first kappa shape index (κ1) is 19.2. The molecular formula is C22H18ClNO5. The van der Waals surface area contributed by atoms with E-state index in [9.17, 15) is 14.7 Å². The average Bonchev–Trinajstić information content (AvgIpc) is 3.28. The van der Waals surface area contributed by atoms with Gasteiger partial charge in [0.2, 0.25) is 5.76 Å². The van der Waals surface area contributed by atoms with Gasteiger partial charge in [0.1, 0.15) is 5.76 Å². The number of furan rings is 1. The Bertz CT molecular complexity index is 1070. The Labute approximate surface area is 172 Å². The zero-order valence-electron chi connectivity index (χ0n) is 15.6. The molecule has 0 saturated heterocycles. The molecule has 4 rings (SSSR count). The summed E-state index contributed by atoms with van der Waals surface area (Å²) in [6, 6.07) is 16.6. The van der Waals surface area contributed by atoms with Crippen molar-refractivity contribution in [3.8, 4) is 0 Å². The third-order valence-corrected chi connectivity index (χ3v) is 5.12. The number of hydrogen-bond acceptors (Lipinski definition) is 5. The number of carbonyl (C=O) groups excluding carboxylic acids is 2. The van der Waals surface area contributed by atoms with Crippen LogP contribution in [0.2, 0.25) is 5.02 Å². The van der Waals surface area contributed by atoms with E-state index in [0.29, 0.717) is 27.5 Å². The summed E-state index contributed by atoms with van der Waals surface area (Å²) in [5, 5.41) is 12.2. The van der Waals surface area contributed by atoms with Crippen LogP contribution in [-0.2, 0) is 17.0 Å². The minimum Gasteiger partial charge on any atom is -0.460 e. The van der Waals surface area contributed by atoms with E-state index in [0.717, 1.165) is 0 Å². The largest absolute Gasteiger partial charge is 0.460 e. The summed E-state index contributed by atoms with van der Waals surface area (Å²) >= 11 is 6.00. The number of hydrogen-bond donors (Lipinski definition) is 1. The zero-order chi connectivity index (χ0) is 20.6. The van der Waals surface area contributed by atoms with Gasteiger partial charge in [-0.2, -0.15) is 0 Å². The Morgan fingerprint density at radius 1 is 1.14 bits per heavy atom. The van der Waals surface area contributed by atoms with Crippen LogP contribution in [-0.4, -0.2) is 28.5 Å². The molecule has 0 radical (unpaired) electrons. The Hall–Kier alpha value is -3.09. The number of nitrogens with zero attached hydrogens (tertiary/aromatic N) is 1. The van der Waals surface area contributed by atoms with Crippen LogP contribution in [0.15, 0.2) is 65.1 Å². The second-order valence-electron chi connectivity index (χ2n) is 6.60. The van der Waals surface area contributed by atoms with Gasteiger partial charge in [0.15, 0.2) is 5.72 Å². The fourth-order valence-electron chi connectivity index (χ4n) is 3.52. The van der Waals surface area contributed by atoms with Gasteiger partial charge in [-0.3, -0.25) is 9.69 Å². The Kier molecular flexibility index (Phi) is 4.90. The lowest BCUT2D eigenvalue weighted by Gasteiger charge is -2.34. The first-order valence-corrected chi connectivity index (χ1v) is 9.48. The van der Waals surface area contributed by atoms with Crippen molar-refractivity contribution in [3.05, 3.63) is 93.9 Å². The molecular weight excluding hydrogens is 394 g/mol. The molecule has 29 heavy (non-hydrogen) atoms. The first-order valence-electron chi connectivity index (χ1n) is 9.11. The normalized spacial score (nSPS) is 18.0. The van der Waals surface area contributed by atoms with Crippen molar-refractivity contribution in [1.82, 2.24) is 4.90 Å². The molecule has 3 aromatic rings. The maximum absolute atomic E-state index is 13.1. The molecule has 0 saturated carbocycles. The highest BCUT2D eigenvalue weighted by Gasteiger charge is 2.50. The van der Waals surface area contributed by atoms with E-state index >= 15 is 0 Å². The number of rotatable bonds is 5. The summed E-state index contributed by atoms with van der Waals surface area (Å²) in [6.45, 7) is 1.89. The van der Waals surface area contributed by atoms with Crippen molar-refractivity contribution in [1.29, 1.82) is 0 Å². The first-order chi connectivity index (χ1) is 13.9. The SMILES string of the molecule is CCOC(=O)c1ccc(CN2C(=O)c3ccccc3[C@]2(O)c2ccc(Cl)cc2)o1. The predicted molar refractivity (Wildman–Crippen MR) is 105 cm³/mol. The maximum atomic E-state index is 13.1. The lowest BCUT2D eigenvalue weighted by molar-refractivity contribution is -0.0567. The number of fused-ring (bicyclic) bond motifs is 1. The molecule has 0 aliphatic carbocycles. The minimum absolute atomic E-state index is 0.0357. The lowest BCUT2D eigenvalue weighted by atomic mass is 9.94. The molecule has 148 valence electrons. The second kappa shape index (κ2) is 7.39. The van der Waals surface area contributed by atoms with Gasteiger partial charge in [-0.25, -0.2) is 4.79 Å².